The van der Waals surface area contributed by atoms with E-state index < -0.39 is 6.10 Å². The van der Waals surface area contributed by atoms with Crippen molar-refractivity contribution in [2.75, 3.05) is 32.8 Å². The van der Waals surface area contributed by atoms with Gasteiger partial charge in [0.25, 0.3) is 5.91 Å². The van der Waals surface area contributed by atoms with Gasteiger partial charge in [0.05, 0.1) is 0 Å². The van der Waals surface area contributed by atoms with E-state index in [1.54, 1.807) is 0 Å². The SMILES string of the molecule is CCCCCCCCCCCCN(CCCCCCCCCCCC)C(=O)COC1CCN(CCCCCC)C1=O. The molecule has 1 fully saturated rings. The van der Waals surface area contributed by atoms with Gasteiger partial charge in [-0.3, -0.25) is 9.59 Å². The van der Waals surface area contributed by atoms with Crippen molar-refractivity contribution < 1.29 is 14.3 Å². The number of unbranched alkanes of at least 4 members (excludes halogenated alkanes) is 21. The third-order valence-corrected chi connectivity index (χ3v) is 8.85. The van der Waals surface area contributed by atoms with Crippen LogP contribution in [0.4, 0.5) is 0 Å². The fraction of sp³-hybridized carbons (Fsp3) is 0.944. The van der Waals surface area contributed by atoms with E-state index in [2.05, 4.69) is 20.8 Å². The van der Waals surface area contributed by atoms with Gasteiger partial charge in [-0.1, -0.05) is 156 Å². The van der Waals surface area contributed by atoms with Crippen molar-refractivity contribution in [3.05, 3.63) is 0 Å². The minimum absolute atomic E-state index is 0.0512. The van der Waals surface area contributed by atoms with Crippen LogP contribution in [0.3, 0.4) is 0 Å². The van der Waals surface area contributed by atoms with E-state index in [9.17, 15) is 9.59 Å². The van der Waals surface area contributed by atoms with E-state index in [4.69, 9.17) is 4.74 Å². The number of likely N-dealkylation sites (tertiary alicyclic amines) is 1. The van der Waals surface area contributed by atoms with Gasteiger partial charge in [0.2, 0.25) is 5.91 Å². The molecule has 5 heteroatoms. The highest BCUT2D eigenvalue weighted by atomic mass is 16.5. The molecule has 1 aliphatic rings. The summed E-state index contributed by atoms with van der Waals surface area (Å²) in [4.78, 5) is 29.9. The molecular formula is C36H70N2O3. The van der Waals surface area contributed by atoms with Crippen LogP contribution in [0.2, 0.25) is 0 Å². The Morgan fingerprint density at radius 2 is 1.02 bits per heavy atom. The van der Waals surface area contributed by atoms with E-state index in [0.717, 1.165) is 51.9 Å². The van der Waals surface area contributed by atoms with Crippen molar-refractivity contribution in [3.63, 3.8) is 0 Å². The van der Waals surface area contributed by atoms with Crippen LogP contribution in [-0.2, 0) is 14.3 Å². The lowest BCUT2D eigenvalue weighted by Crippen LogP contribution is -2.38. The van der Waals surface area contributed by atoms with Crippen LogP contribution in [0.25, 0.3) is 0 Å². The van der Waals surface area contributed by atoms with E-state index >= 15 is 0 Å². The predicted octanol–water partition coefficient (Wildman–Crippen LogP) is 9.85. The van der Waals surface area contributed by atoms with Gasteiger partial charge in [-0.05, 0) is 19.3 Å². The zero-order valence-electron chi connectivity index (χ0n) is 27.9. The van der Waals surface area contributed by atoms with Gasteiger partial charge in [0, 0.05) is 32.6 Å². The van der Waals surface area contributed by atoms with Crippen LogP contribution in [0.15, 0.2) is 0 Å². The molecule has 1 heterocycles. The number of nitrogens with zero attached hydrogens (tertiary/aromatic N) is 2. The van der Waals surface area contributed by atoms with Gasteiger partial charge in [0.15, 0.2) is 0 Å². The lowest BCUT2D eigenvalue weighted by molar-refractivity contribution is -0.144. The lowest BCUT2D eigenvalue weighted by atomic mass is 10.1. The molecule has 41 heavy (non-hydrogen) atoms. The van der Waals surface area contributed by atoms with Crippen molar-refractivity contribution in [2.45, 2.75) is 187 Å². The first kappa shape index (κ1) is 37.9. The Morgan fingerprint density at radius 3 is 1.46 bits per heavy atom. The quantitative estimate of drug-likeness (QED) is 0.0797. The van der Waals surface area contributed by atoms with E-state index in [1.807, 2.05) is 9.80 Å². The molecule has 5 nitrogen and oxygen atoms in total. The van der Waals surface area contributed by atoms with Crippen molar-refractivity contribution in [3.8, 4) is 0 Å². The zero-order valence-corrected chi connectivity index (χ0v) is 27.9. The molecular weight excluding hydrogens is 508 g/mol. The Morgan fingerprint density at radius 1 is 0.634 bits per heavy atom. The molecule has 1 rings (SSSR count). The number of hydrogen-bond donors (Lipinski definition) is 0. The Labute approximate surface area is 255 Å². The van der Waals surface area contributed by atoms with Crippen molar-refractivity contribution in [1.29, 1.82) is 0 Å². The van der Waals surface area contributed by atoms with E-state index in [1.165, 1.54) is 135 Å². The molecule has 1 aliphatic heterocycles. The normalized spacial score (nSPS) is 15.2. The Hall–Kier alpha value is -1.10. The summed E-state index contributed by atoms with van der Waals surface area (Å²) in [7, 11) is 0. The monoisotopic (exact) mass is 579 g/mol. The van der Waals surface area contributed by atoms with Gasteiger partial charge in [-0.15, -0.1) is 0 Å². The number of ether oxygens (including phenoxy) is 1. The molecule has 0 aliphatic carbocycles. The summed E-state index contributed by atoms with van der Waals surface area (Å²) in [5.41, 5.74) is 0. The second-order valence-electron chi connectivity index (χ2n) is 12.7. The summed E-state index contributed by atoms with van der Waals surface area (Å²) in [6.45, 7) is 10.1. The van der Waals surface area contributed by atoms with Crippen LogP contribution in [0.5, 0.6) is 0 Å². The average Bonchev–Trinajstić information content (AvgIpc) is 3.33. The standard InChI is InChI=1S/C36H70N2O3/c1-4-7-10-13-15-17-19-21-23-26-29-37(30-27-24-22-20-18-16-14-11-8-5-2)35(39)33-41-34-28-32-38(36(34)40)31-25-12-9-6-3/h34H,4-33H2,1-3H3. The molecule has 0 spiro atoms. The van der Waals surface area contributed by atoms with Crippen LogP contribution in [-0.4, -0.2) is 60.5 Å². The first-order valence-electron chi connectivity index (χ1n) is 18.3. The van der Waals surface area contributed by atoms with Gasteiger partial charge < -0.3 is 14.5 Å². The lowest BCUT2D eigenvalue weighted by Gasteiger charge is -2.24. The summed E-state index contributed by atoms with van der Waals surface area (Å²) in [6, 6.07) is 0. The fourth-order valence-corrected chi connectivity index (χ4v) is 6.02. The molecule has 0 bridgehead atoms. The second kappa shape index (κ2) is 27.7. The van der Waals surface area contributed by atoms with Crippen LogP contribution in [0.1, 0.15) is 181 Å². The molecule has 242 valence electrons. The van der Waals surface area contributed by atoms with Gasteiger partial charge in [0.1, 0.15) is 12.7 Å². The largest absolute Gasteiger partial charge is 0.358 e. The maximum Gasteiger partial charge on any atom is 0.251 e. The van der Waals surface area contributed by atoms with Gasteiger partial charge in [-0.2, -0.15) is 0 Å². The molecule has 0 radical (unpaired) electrons. The van der Waals surface area contributed by atoms with Gasteiger partial charge >= 0.3 is 0 Å². The average molecular weight is 579 g/mol. The van der Waals surface area contributed by atoms with E-state index in [-0.39, 0.29) is 18.4 Å². The predicted molar refractivity (Wildman–Crippen MR) is 175 cm³/mol. The number of carbonyl (C=O) groups excluding carboxylic acids is 2. The summed E-state index contributed by atoms with van der Waals surface area (Å²) in [5, 5.41) is 0. The summed E-state index contributed by atoms with van der Waals surface area (Å²) in [6.07, 6.45) is 31.1. The molecule has 1 saturated heterocycles. The van der Waals surface area contributed by atoms with Crippen LogP contribution >= 0.6 is 0 Å². The van der Waals surface area contributed by atoms with Gasteiger partial charge in [-0.25, -0.2) is 0 Å². The Kier molecular flexibility index (Phi) is 25.6. The highest BCUT2D eigenvalue weighted by molar-refractivity contribution is 5.84. The molecule has 0 N–H and O–H groups in total. The topological polar surface area (TPSA) is 49.9 Å². The van der Waals surface area contributed by atoms with E-state index in [0.29, 0.717) is 0 Å². The Bertz CT molecular complexity index is 588. The minimum atomic E-state index is -0.429. The zero-order chi connectivity index (χ0) is 29.8. The summed E-state index contributed by atoms with van der Waals surface area (Å²) < 4.78 is 5.93. The molecule has 0 saturated carbocycles. The minimum Gasteiger partial charge on any atom is -0.358 e. The number of rotatable bonds is 30. The summed E-state index contributed by atoms with van der Waals surface area (Å²) >= 11 is 0. The number of hydrogen-bond acceptors (Lipinski definition) is 3. The molecule has 2 amide bonds. The molecule has 0 aromatic carbocycles. The molecule has 1 unspecified atom stereocenters. The summed E-state index contributed by atoms with van der Waals surface area (Å²) in [5.74, 6) is 0.163. The maximum absolute atomic E-state index is 13.2. The van der Waals surface area contributed by atoms with Crippen LogP contribution < -0.4 is 0 Å². The third-order valence-electron chi connectivity index (χ3n) is 8.85. The van der Waals surface area contributed by atoms with Crippen molar-refractivity contribution in [1.82, 2.24) is 9.80 Å². The third kappa shape index (κ3) is 20.4. The van der Waals surface area contributed by atoms with Crippen molar-refractivity contribution in [2.24, 2.45) is 0 Å². The fourth-order valence-electron chi connectivity index (χ4n) is 6.02. The second-order valence-corrected chi connectivity index (χ2v) is 12.7. The highest BCUT2D eigenvalue weighted by Gasteiger charge is 2.32. The highest BCUT2D eigenvalue weighted by Crippen LogP contribution is 2.17. The Balaban J connectivity index is 2.34. The molecule has 0 aromatic heterocycles. The first-order valence-corrected chi connectivity index (χ1v) is 18.3. The number of amides is 2. The molecule has 0 aromatic rings. The molecule has 1 atom stereocenters. The van der Waals surface area contributed by atoms with Crippen molar-refractivity contribution >= 4 is 11.8 Å². The van der Waals surface area contributed by atoms with Crippen LogP contribution in [0, 0.1) is 0 Å². The first-order chi connectivity index (χ1) is 20.1. The maximum atomic E-state index is 13.2. The number of carbonyl (C=O) groups is 2. The smallest absolute Gasteiger partial charge is 0.251 e.